The van der Waals surface area contributed by atoms with E-state index in [1.54, 1.807) is 24.3 Å². The molecular weight excluding hydrogens is 494 g/mol. The Hall–Kier alpha value is -2.15. The highest BCUT2D eigenvalue weighted by Crippen LogP contribution is 2.34. The van der Waals surface area contributed by atoms with E-state index in [4.69, 9.17) is 16.6 Å². The fourth-order valence-electron chi connectivity index (χ4n) is 2.77. The third kappa shape index (κ3) is 3.65. The van der Waals surface area contributed by atoms with Crippen molar-refractivity contribution in [3.8, 4) is 11.3 Å². The van der Waals surface area contributed by atoms with Gasteiger partial charge in [0.15, 0.2) is 5.65 Å². The molecule has 0 radical (unpaired) electrons. The second-order valence-electron chi connectivity index (χ2n) is 5.84. The Kier molecular flexibility index (Phi) is 5.04. The third-order valence-corrected chi connectivity index (χ3v) is 5.30. The number of nitrogens with one attached hydrogen (secondary N) is 1. The molecule has 134 valence electrons. The minimum Gasteiger partial charge on any atom is -0.306 e. The normalized spacial score (nSPS) is 10.9. The number of amides is 1. The summed E-state index contributed by atoms with van der Waals surface area (Å²) in [4.78, 5) is 17.5. The number of imidazole rings is 1. The van der Waals surface area contributed by atoms with Gasteiger partial charge in [-0.3, -0.25) is 9.20 Å². The Morgan fingerprint density at radius 1 is 1.04 bits per heavy atom. The van der Waals surface area contributed by atoms with E-state index >= 15 is 0 Å². The van der Waals surface area contributed by atoms with Gasteiger partial charge in [-0.25, -0.2) is 4.98 Å². The zero-order valence-electron chi connectivity index (χ0n) is 13.8. The predicted octanol–water partition coefficient (Wildman–Crippen LogP) is 6.43. The van der Waals surface area contributed by atoms with Crippen LogP contribution in [0.25, 0.3) is 16.9 Å². The number of pyridine rings is 1. The van der Waals surface area contributed by atoms with Crippen LogP contribution in [-0.2, 0) is 0 Å². The molecule has 0 saturated carbocycles. The zero-order valence-corrected chi connectivity index (χ0v) is 17.7. The van der Waals surface area contributed by atoms with Crippen LogP contribution in [0.3, 0.4) is 0 Å². The molecule has 0 aliphatic rings. The first-order valence-corrected chi connectivity index (χ1v) is 9.99. The molecule has 0 aliphatic heterocycles. The maximum atomic E-state index is 12.8. The zero-order chi connectivity index (χ0) is 19.0. The molecule has 1 N–H and O–H groups in total. The van der Waals surface area contributed by atoms with Crippen LogP contribution >= 0.6 is 43.5 Å². The highest BCUT2D eigenvalue weighted by Gasteiger charge is 2.19. The lowest BCUT2D eigenvalue weighted by atomic mass is 10.1. The van der Waals surface area contributed by atoms with Gasteiger partial charge in [0, 0.05) is 26.8 Å². The summed E-state index contributed by atoms with van der Waals surface area (Å²) >= 11 is 13.1. The van der Waals surface area contributed by atoms with Crippen LogP contribution in [0.15, 0.2) is 75.8 Å². The van der Waals surface area contributed by atoms with Crippen molar-refractivity contribution in [2.45, 2.75) is 0 Å². The molecule has 0 atom stereocenters. The number of fused-ring (bicyclic) bond motifs is 1. The molecule has 27 heavy (non-hydrogen) atoms. The summed E-state index contributed by atoms with van der Waals surface area (Å²) < 4.78 is 3.52. The number of anilines is 1. The van der Waals surface area contributed by atoms with E-state index in [9.17, 15) is 4.79 Å². The van der Waals surface area contributed by atoms with Gasteiger partial charge in [-0.05, 0) is 62.2 Å². The van der Waals surface area contributed by atoms with Crippen molar-refractivity contribution in [3.63, 3.8) is 0 Å². The van der Waals surface area contributed by atoms with Crippen molar-refractivity contribution in [2.24, 2.45) is 0 Å². The van der Waals surface area contributed by atoms with Crippen molar-refractivity contribution in [1.29, 1.82) is 0 Å². The lowest BCUT2D eigenvalue weighted by Gasteiger charge is -2.09. The fraction of sp³-hybridized carbons (Fsp3) is 0. The molecule has 0 saturated heterocycles. The fourth-order valence-corrected chi connectivity index (χ4v) is 4.16. The van der Waals surface area contributed by atoms with E-state index in [1.807, 2.05) is 47.0 Å². The average molecular weight is 506 g/mol. The maximum Gasteiger partial charge on any atom is 0.256 e. The van der Waals surface area contributed by atoms with Gasteiger partial charge in [-0.2, -0.15) is 0 Å². The SMILES string of the molecule is O=C(Nc1c(-c2ccc(Cl)cc2)nc2c(Br)cc(Br)cn12)c1ccccc1. The molecule has 2 aromatic carbocycles. The van der Waals surface area contributed by atoms with E-state index in [2.05, 4.69) is 37.2 Å². The number of halogens is 3. The van der Waals surface area contributed by atoms with Crippen molar-refractivity contribution >= 4 is 60.8 Å². The molecular formula is C20H12Br2ClN3O. The van der Waals surface area contributed by atoms with Crippen LogP contribution in [0.2, 0.25) is 5.02 Å². The lowest BCUT2D eigenvalue weighted by molar-refractivity contribution is 0.102. The molecule has 7 heteroatoms. The first-order chi connectivity index (χ1) is 13.0. The van der Waals surface area contributed by atoms with Gasteiger partial charge in [0.05, 0.1) is 4.47 Å². The van der Waals surface area contributed by atoms with Crippen molar-refractivity contribution in [3.05, 3.63) is 86.4 Å². The van der Waals surface area contributed by atoms with Crippen molar-refractivity contribution in [2.75, 3.05) is 5.32 Å². The van der Waals surface area contributed by atoms with E-state index in [1.165, 1.54) is 0 Å². The van der Waals surface area contributed by atoms with Crippen LogP contribution in [0.4, 0.5) is 5.82 Å². The highest BCUT2D eigenvalue weighted by atomic mass is 79.9. The van der Waals surface area contributed by atoms with Gasteiger partial charge in [-0.15, -0.1) is 0 Å². The van der Waals surface area contributed by atoms with Gasteiger partial charge < -0.3 is 5.32 Å². The van der Waals surface area contributed by atoms with E-state index in [-0.39, 0.29) is 5.91 Å². The number of hydrogen-bond donors (Lipinski definition) is 1. The summed E-state index contributed by atoms with van der Waals surface area (Å²) in [6.07, 6.45) is 1.87. The summed E-state index contributed by atoms with van der Waals surface area (Å²) in [5, 5.41) is 3.64. The smallest absolute Gasteiger partial charge is 0.256 e. The monoisotopic (exact) mass is 503 g/mol. The second kappa shape index (κ2) is 7.46. The standard InChI is InChI=1S/C20H12Br2ClN3O/c21-14-10-16(22)18-24-17(12-6-8-15(23)9-7-12)19(26(18)11-14)25-20(27)13-4-2-1-3-5-13/h1-11H,(H,25,27). The number of nitrogens with zero attached hydrogens (tertiary/aromatic N) is 2. The first-order valence-electron chi connectivity index (χ1n) is 8.02. The van der Waals surface area contributed by atoms with Gasteiger partial charge in [-0.1, -0.05) is 41.9 Å². The second-order valence-corrected chi connectivity index (χ2v) is 8.04. The Bertz CT molecular complexity index is 1140. The van der Waals surface area contributed by atoms with E-state index < -0.39 is 0 Å². The average Bonchev–Trinajstić information content (AvgIpc) is 3.02. The molecule has 2 heterocycles. The van der Waals surface area contributed by atoms with Gasteiger partial charge >= 0.3 is 0 Å². The Balaban J connectivity index is 1.89. The largest absolute Gasteiger partial charge is 0.306 e. The summed E-state index contributed by atoms with van der Waals surface area (Å²) in [7, 11) is 0. The molecule has 4 aromatic rings. The summed E-state index contributed by atoms with van der Waals surface area (Å²) in [6, 6.07) is 18.3. The van der Waals surface area contributed by atoms with Crippen LogP contribution in [0.1, 0.15) is 10.4 Å². The Morgan fingerprint density at radius 3 is 2.44 bits per heavy atom. The number of carbonyl (C=O) groups excluding carboxylic acids is 1. The van der Waals surface area contributed by atoms with Crippen molar-refractivity contribution < 1.29 is 4.79 Å². The van der Waals surface area contributed by atoms with Gasteiger partial charge in [0.2, 0.25) is 0 Å². The molecule has 0 fully saturated rings. The molecule has 2 aromatic heterocycles. The topological polar surface area (TPSA) is 46.4 Å². The van der Waals surface area contributed by atoms with Crippen LogP contribution in [-0.4, -0.2) is 15.3 Å². The third-order valence-electron chi connectivity index (χ3n) is 4.03. The minimum absolute atomic E-state index is 0.205. The number of carbonyl (C=O) groups is 1. The number of aromatic nitrogens is 2. The molecule has 0 spiro atoms. The van der Waals surface area contributed by atoms with E-state index in [0.717, 1.165) is 14.5 Å². The number of rotatable bonds is 3. The molecule has 4 rings (SSSR count). The van der Waals surface area contributed by atoms with Crippen molar-refractivity contribution in [1.82, 2.24) is 9.38 Å². The summed E-state index contributed by atoms with van der Waals surface area (Å²) in [5.74, 6) is 0.381. The van der Waals surface area contributed by atoms with E-state index in [0.29, 0.717) is 27.7 Å². The maximum absolute atomic E-state index is 12.8. The molecule has 4 nitrogen and oxygen atoms in total. The Labute approximate surface area is 177 Å². The molecule has 0 unspecified atom stereocenters. The number of hydrogen-bond acceptors (Lipinski definition) is 2. The van der Waals surface area contributed by atoms with Crippen LogP contribution in [0.5, 0.6) is 0 Å². The summed E-state index contributed by atoms with van der Waals surface area (Å²) in [6.45, 7) is 0. The van der Waals surface area contributed by atoms with Crippen LogP contribution < -0.4 is 5.32 Å². The first kappa shape index (κ1) is 18.2. The lowest BCUT2D eigenvalue weighted by Crippen LogP contribution is -2.14. The highest BCUT2D eigenvalue weighted by molar-refractivity contribution is 9.11. The molecule has 0 aliphatic carbocycles. The van der Waals surface area contributed by atoms with Crippen LogP contribution in [0, 0.1) is 0 Å². The van der Waals surface area contributed by atoms with Gasteiger partial charge in [0.1, 0.15) is 11.5 Å². The predicted molar refractivity (Wildman–Crippen MR) is 115 cm³/mol. The quantitative estimate of drug-likeness (QED) is 0.349. The van der Waals surface area contributed by atoms with Gasteiger partial charge in [0.25, 0.3) is 5.91 Å². The molecule has 0 bridgehead atoms. The summed E-state index contributed by atoms with van der Waals surface area (Å²) in [5.41, 5.74) is 2.79. The minimum atomic E-state index is -0.205. The number of benzene rings is 2. The molecule has 1 amide bonds. The Morgan fingerprint density at radius 2 is 1.74 bits per heavy atom.